The first-order valence-corrected chi connectivity index (χ1v) is 13.8. The second kappa shape index (κ2) is 25.2. The fraction of sp³-hybridized carbons (Fsp3) is 0.741. The van der Waals surface area contributed by atoms with Crippen LogP contribution in [0.2, 0.25) is 0 Å². The van der Waals surface area contributed by atoms with Crippen LogP contribution in [0.5, 0.6) is 0 Å². The van der Waals surface area contributed by atoms with Gasteiger partial charge in [-0.2, -0.15) is 0 Å². The Balaban J connectivity index is 1.80. The molecule has 36 heavy (non-hydrogen) atoms. The maximum absolute atomic E-state index is 12.1. The number of halogens is 1. The first-order chi connectivity index (χ1) is 17.8. The van der Waals surface area contributed by atoms with E-state index in [0.29, 0.717) is 65.0 Å². The van der Waals surface area contributed by atoms with Gasteiger partial charge in [-0.3, -0.25) is 0 Å². The molecule has 8 nitrogen and oxygen atoms in total. The summed E-state index contributed by atoms with van der Waals surface area (Å²) >= 11 is 5.64. The lowest BCUT2D eigenvalue weighted by molar-refractivity contribution is -0.0153. The van der Waals surface area contributed by atoms with Gasteiger partial charge in [0.15, 0.2) is 0 Å². The first kappa shape index (κ1) is 32.6. The normalized spacial score (nSPS) is 11.1. The summed E-state index contributed by atoms with van der Waals surface area (Å²) in [6.45, 7) is 8.56. The molecule has 0 heterocycles. The number of rotatable bonds is 26. The molecular formula is C27H46ClNO7. The molecule has 0 aromatic heterocycles. The van der Waals surface area contributed by atoms with Crippen LogP contribution in [0, 0.1) is 0 Å². The van der Waals surface area contributed by atoms with E-state index < -0.39 is 0 Å². The van der Waals surface area contributed by atoms with Crippen molar-refractivity contribution in [1.82, 2.24) is 0 Å². The van der Waals surface area contributed by atoms with Crippen molar-refractivity contribution in [2.24, 2.45) is 0 Å². The lowest BCUT2D eigenvalue weighted by Crippen LogP contribution is -2.15. The van der Waals surface area contributed by atoms with E-state index in [9.17, 15) is 4.79 Å². The van der Waals surface area contributed by atoms with Gasteiger partial charge in [-0.1, -0.05) is 26.2 Å². The molecule has 1 aromatic carbocycles. The van der Waals surface area contributed by atoms with Gasteiger partial charge in [-0.15, -0.1) is 11.6 Å². The Bertz CT molecular complexity index is 619. The van der Waals surface area contributed by atoms with Gasteiger partial charge < -0.3 is 33.7 Å². The average molecular weight is 532 g/mol. The molecule has 0 spiro atoms. The Morgan fingerprint density at radius 3 is 1.69 bits per heavy atom. The van der Waals surface area contributed by atoms with Crippen molar-refractivity contribution in [1.29, 1.82) is 0 Å². The highest BCUT2D eigenvalue weighted by atomic mass is 35.5. The van der Waals surface area contributed by atoms with E-state index >= 15 is 0 Å². The van der Waals surface area contributed by atoms with Gasteiger partial charge in [0.1, 0.15) is 6.61 Å². The monoisotopic (exact) mass is 531 g/mol. The number of unbranched alkanes of at least 4 members (excludes halogenated alkanes) is 4. The Morgan fingerprint density at radius 1 is 0.667 bits per heavy atom. The quantitative estimate of drug-likeness (QED) is 0.102. The molecule has 0 radical (unpaired) electrons. The summed E-state index contributed by atoms with van der Waals surface area (Å²) in [7, 11) is 0. The second-order valence-electron chi connectivity index (χ2n) is 8.16. The molecule has 0 aliphatic rings. The third kappa shape index (κ3) is 19.7. The predicted octanol–water partition coefficient (Wildman–Crippen LogP) is 4.94. The SMILES string of the molecule is CCCCNc1ccc(C(=O)OCCOCCOCCOCCOCCOCCCCCCCl)cc1. The maximum atomic E-state index is 12.1. The minimum absolute atomic E-state index is 0.206. The van der Waals surface area contributed by atoms with Crippen molar-refractivity contribution in [3.05, 3.63) is 29.8 Å². The van der Waals surface area contributed by atoms with E-state index in [4.69, 9.17) is 40.0 Å². The van der Waals surface area contributed by atoms with Crippen molar-refractivity contribution < 1.29 is 33.2 Å². The molecule has 0 aliphatic carbocycles. The lowest BCUT2D eigenvalue weighted by atomic mass is 10.2. The fourth-order valence-corrected chi connectivity index (χ4v) is 3.23. The number of carbonyl (C=O) groups is 1. The highest BCUT2D eigenvalue weighted by Crippen LogP contribution is 2.11. The number of carbonyl (C=O) groups excluding carboxylic acids is 1. The number of hydrogen-bond acceptors (Lipinski definition) is 8. The standard InChI is InChI=1S/C27H46ClNO7/c1-2-3-13-29-26-10-8-25(9-11-26)27(30)36-24-23-35-22-21-34-20-19-33-18-17-32-16-15-31-14-7-5-4-6-12-28/h8-11,29H,2-7,12-24H2,1H3. The van der Waals surface area contributed by atoms with E-state index in [1.165, 1.54) is 6.42 Å². The van der Waals surface area contributed by atoms with Crippen molar-refractivity contribution in [2.45, 2.75) is 45.4 Å². The Labute approximate surface area is 222 Å². The minimum atomic E-state index is -0.350. The van der Waals surface area contributed by atoms with Crippen LogP contribution in [0.1, 0.15) is 55.8 Å². The van der Waals surface area contributed by atoms with Gasteiger partial charge >= 0.3 is 5.97 Å². The molecule has 0 fully saturated rings. The topological polar surface area (TPSA) is 84.5 Å². The van der Waals surface area contributed by atoms with E-state index in [-0.39, 0.29) is 12.6 Å². The molecule has 0 amide bonds. The van der Waals surface area contributed by atoms with Gasteiger partial charge in [0.2, 0.25) is 0 Å². The third-order valence-corrected chi connectivity index (χ3v) is 5.37. The largest absolute Gasteiger partial charge is 0.460 e. The number of ether oxygens (including phenoxy) is 6. The van der Waals surface area contributed by atoms with Gasteiger partial charge in [0.05, 0.1) is 65.0 Å². The number of esters is 1. The molecule has 208 valence electrons. The number of anilines is 1. The molecule has 0 saturated heterocycles. The highest BCUT2D eigenvalue weighted by Gasteiger charge is 2.06. The Kier molecular flexibility index (Phi) is 22.9. The van der Waals surface area contributed by atoms with Crippen LogP contribution in [0.3, 0.4) is 0 Å². The summed E-state index contributed by atoms with van der Waals surface area (Å²) < 4.78 is 32.5. The van der Waals surface area contributed by atoms with Gasteiger partial charge in [-0.25, -0.2) is 4.79 Å². The molecule has 0 bridgehead atoms. The zero-order chi connectivity index (χ0) is 25.9. The lowest BCUT2D eigenvalue weighted by Gasteiger charge is -2.09. The summed E-state index contributed by atoms with van der Waals surface area (Å²) in [5, 5.41) is 3.32. The Hall–Kier alpha value is -1.42. The van der Waals surface area contributed by atoms with Crippen LogP contribution in [0.4, 0.5) is 5.69 Å². The molecule has 1 rings (SSSR count). The van der Waals surface area contributed by atoms with Crippen LogP contribution in [0.15, 0.2) is 24.3 Å². The summed E-state index contributed by atoms with van der Waals surface area (Å²) in [5.41, 5.74) is 1.53. The van der Waals surface area contributed by atoms with Crippen molar-refractivity contribution in [2.75, 3.05) is 90.4 Å². The summed E-state index contributed by atoms with van der Waals surface area (Å²) in [6, 6.07) is 7.31. The van der Waals surface area contributed by atoms with E-state index in [1.54, 1.807) is 12.1 Å². The highest BCUT2D eigenvalue weighted by molar-refractivity contribution is 6.17. The first-order valence-electron chi connectivity index (χ1n) is 13.2. The Morgan fingerprint density at radius 2 is 1.17 bits per heavy atom. The maximum Gasteiger partial charge on any atom is 0.338 e. The van der Waals surface area contributed by atoms with Crippen LogP contribution in [-0.4, -0.2) is 91.1 Å². The zero-order valence-corrected chi connectivity index (χ0v) is 22.7. The number of hydrogen-bond donors (Lipinski definition) is 1. The van der Waals surface area contributed by atoms with E-state index in [0.717, 1.165) is 56.8 Å². The number of benzene rings is 1. The fourth-order valence-electron chi connectivity index (χ4n) is 3.04. The van der Waals surface area contributed by atoms with Crippen molar-refractivity contribution in [3.8, 4) is 0 Å². The average Bonchev–Trinajstić information content (AvgIpc) is 2.90. The van der Waals surface area contributed by atoms with Gasteiger partial charge in [0, 0.05) is 24.7 Å². The number of nitrogens with one attached hydrogen (secondary N) is 1. The molecule has 9 heteroatoms. The van der Waals surface area contributed by atoms with E-state index in [2.05, 4.69) is 12.2 Å². The molecule has 0 unspecified atom stereocenters. The zero-order valence-electron chi connectivity index (χ0n) is 22.0. The van der Waals surface area contributed by atoms with Crippen LogP contribution >= 0.6 is 11.6 Å². The third-order valence-electron chi connectivity index (χ3n) is 5.10. The summed E-state index contributed by atoms with van der Waals surface area (Å²) in [4.78, 5) is 12.1. The van der Waals surface area contributed by atoms with Gasteiger partial charge in [0.25, 0.3) is 0 Å². The van der Waals surface area contributed by atoms with E-state index in [1.807, 2.05) is 12.1 Å². The van der Waals surface area contributed by atoms with Gasteiger partial charge in [-0.05, 0) is 43.5 Å². The number of alkyl halides is 1. The smallest absolute Gasteiger partial charge is 0.338 e. The van der Waals surface area contributed by atoms with Crippen LogP contribution in [0.25, 0.3) is 0 Å². The van der Waals surface area contributed by atoms with Crippen LogP contribution < -0.4 is 5.32 Å². The molecule has 0 atom stereocenters. The summed E-state index contributed by atoms with van der Waals surface area (Å²) in [6.07, 6.45) is 6.75. The molecule has 0 saturated carbocycles. The molecular weight excluding hydrogens is 486 g/mol. The van der Waals surface area contributed by atoms with Crippen LogP contribution in [-0.2, 0) is 28.4 Å². The molecule has 1 aromatic rings. The molecule has 0 aliphatic heterocycles. The summed E-state index contributed by atoms with van der Waals surface area (Å²) in [5.74, 6) is 0.392. The molecule has 1 N–H and O–H groups in total. The predicted molar refractivity (Wildman–Crippen MR) is 143 cm³/mol. The van der Waals surface area contributed by atoms with Crippen molar-refractivity contribution >= 4 is 23.3 Å². The second-order valence-corrected chi connectivity index (χ2v) is 8.54. The minimum Gasteiger partial charge on any atom is -0.460 e. The van der Waals surface area contributed by atoms with Crippen molar-refractivity contribution in [3.63, 3.8) is 0 Å².